The predicted octanol–water partition coefficient (Wildman–Crippen LogP) is 3.52. The van der Waals surface area contributed by atoms with E-state index >= 15 is 0 Å². The molecule has 0 heterocycles. The molecular formula is C10H22O2Si. The van der Waals surface area contributed by atoms with Crippen LogP contribution in [0.2, 0.25) is 19.6 Å². The first-order valence-electron chi connectivity index (χ1n) is 5.01. The van der Waals surface area contributed by atoms with Gasteiger partial charge in [0.15, 0.2) is 0 Å². The molecule has 0 aromatic carbocycles. The minimum atomic E-state index is -1.50. The zero-order valence-corrected chi connectivity index (χ0v) is 10.5. The Morgan fingerprint density at radius 1 is 1.23 bits per heavy atom. The van der Waals surface area contributed by atoms with Crippen molar-refractivity contribution in [2.75, 3.05) is 6.61 Å². The maximum Gasteiger partial charge on any atom is 0.261 e. The van der Waals surface area contributed by atoms with Gasteiger partial charge in [0.1, 0.15) is 0 Å². The summed E-state index contributed by atoms with van der Waals surface area (Å²) < 4.78 is 11.2. The zero-order chi connectivity index (χ0) is 10.3. The van der Waals surface area contributed by atoms with Crippen LogP contribution in [0.1, 0.15) is 26.7 Å². The van der Waals surface area contributed by atoms with Gasteiger partial charge in [-0.3, -0.25) is 0 Å². The average molecular weight is 202 g/mol. The molecule has 0 spiro atoms. The zero-order valence-electron chi connectivity index (χ0n) is 9.52. The molecule has 0 bridgehead atoms. The van der Waals surface area contributed by atoms with Gasteiger partial charge in [0.05, 0.1) is 6.61 Å². The van der Waals surface area contributed by atoms with Crippen LogP contribution >= 0.6 is 0 Å². The molecule has 0 aromatic rings. The Labute approximate surface area is 83.1 Å². The number of allylic oxidation sites excluding steroid dienone is 1. The van der Waals surface area contributed by atoms with Crippen LogP contribution in [-0.4, -0.2) is 14.9 Å². The van der Waals surface area contributed by atoms with E-state index in [0.717, 1.165) is 18.8 Å². The summed E-state index contributed by atoms with van der Waals surface area (Å²) >= 11 is 0. The van der Waals surface area contributed by atoms with Gasteiger partial charge in [-0.1, -0.05) is 13.3 Å². The standard InChI is InChI=1S/C10H22O2Si/c1-6-8-9-10(11-7-2)12-13(3,4)5/h9H,6-8H2,1-5H3. The third-order valence-corrected chi connectivity index (χ3v) is 2.11. The molecule has 0 aliphatic rings. The molecule has 0 aromatic heterocycles. The molecule has 0 unspecified atom stereocenters. The molecule has 78 valence electrons. The second kappa shape index (κ2) is 6.08. The van der Waals surface area contributed by atoms with E-state index in [1.807, 2.05) is 13.0 Å². The lowest BCUT2D eigenvalue weighted by atomic mass is 10.3. The van der Waals surface area contributed by atoms with E-state index in [0.29, 0.717) is 6.61 Å². The summed E-state index contributed by atoms with van der Waals surface area (Å²) in [5.41, 5.74) is 0. The molecule has 0 aliphatic carbocycles. The molecular weight excluding hydrogens is 180 g/mol. The summed E-state index contributed by atoms with van der Waals surface area (Å²) in [6, 6.07) is 0. The van der Waals surface area contributed by atoms with E-state index in [-0.39, 0.29) is 0 Å². The molecule has 0 fully saturated rings. The van der Waals surface area contributed by atoms with Crippen LogP contribution in [-0.2, 0) is 9.16 Å². The maximum absolute atomic E-state index is 5.76. The Kier molecular flexibility index (Phi) is 5.87. The van der Waals surface area contributed by atoms with Crippen molar-refractivity contribution in [3.8, 4) is 0 Å². The van der Waals surface area contributed by atoms with E-state index in [9.17, 15) is 0 Å². The first-order valence-corrected chi connectivity index (χ1v) is 8.42. The molecule has 0 aliphatic heterocycles. The van der Waals surface area contributed by atoms with Crippen LogP contribution in [0.15, 0.2) is 12.0 Å². The van der Waals surface area contributed by atoms with Gasteiger partial charge < -0.3 is 9.16 Å². The van der Waals surface area contributed by atoms with Crippen LogP contribution in [0.4, 0.5) is 0 Å². The number of unbranched alkanes of at least 4 members (excludes halogenated alkanes) is 1. The van der Waals surface area contributed by atoms with Crippen molar-refractivity contribution in [3.05, 3.63) is 12.0 Å². The van der Waals surface area contributed by atoms with E-state index in [4.69, 9.17) is 9.16 Å². The predicted molar refractivity (Wildman–Crippen MR) is 59.0 cm³/mol. The van der Waals surface area contributed by atoms with Crippen LogP contribution in [0.25, 0.3) is 0 Å². The van der Waals surface area contributed by atoms with E-state index < -0.39 is 8.32 Å². The van der Waals surface area contributed by atoms with Gasteiger partial charge in [-0.25, -0.2) is 0 Å². The maximum atomic E-state index is 5.76. The molecule has 0 saturated heterocycles. The second-order valence-electron chi connectivity index (χ2n) is 3.96. The summed E-state index contributed by atoms with van der Waals surface area (Å²) in [6.07, 6.45) is 4.20. The monoisotopic (exact) mass is 202 g/mol. The van der Waals surface area contributed by atoms with Crippen molar-refractivity contribution in [1.29, 1.82) is 0 Å². The van der Waals surface area contributed by atoms with Crippen LogP contribution in [0.5, 0.6) is 0 Å². The topological polar surface area (TPSA) is 18.5 Å². The Hall–Kier alpha value is -0.443. The largest absolute Gasteiger partial charge is 0.520 e. The summed E-state index contributed by atoms with van der Waals surface area (Å²) in [6.45, 7) is 11.3. The molecule has 0 atom stereocenters. The lowest BCUT2D eigenvalue weighted by Crippen LogP contribution is -2.25. The summed E-state index contributed by atoms with van der Waals surface area (Å²) in [4.78, 5) is 0. The molecule has 0 radical (unpaired) electrons. The Balaban J connectivity index is 4.09. The van der Waals surface area contributed by atoms with Gasteiger partial charge in [-0.2, -0.15) is 0 Å². The summed E-state index contributed by atoms with van der Waals surface area (Å²) in [5.74, 6) is 0.725. The Morgan fingerprint density at radius 2 is 1.85 bits per heavy atom. The molecule has 0 amide bonds. The highest BCUT2D eigenvalue weighted by molar-refractivity contribution is 6.69. The number of rotatable bonds is 6. The molecule has 2 nitrogen and oxygen atoms in total. The van der Waals surface area contributed by atoms with E-state index in [2.05, 4.69) is 26.6 Å². The van der Waals surface area contributed by atoms with E-state index in [1.165, 1.54) is 0 Å². The quantitative estimate of drug-likeness (QED) is 0.485. The van der Waals surface area contributed by atoms with Crippen LogP contribution < -0.4 is 0 Å². The number of hydrogen-bond acceptors (Lipinski definition) is 2. The Morgan fingerprint density at radius 3 is 2.23 bits per heavy atom. The first-order chi connectivity index (χ1) is 5.99. The smallest absolute Gasteiger partial charge is 0.261 e. The minimum absolute atomic E-state index is 0.681. The van der Waals surface area contributed by atoms with Gasteiger partial charge >= 0.3 is 0 Å². The van der Waals surface area contributed by atoms with Gasteiger partial charge in [0.25, 0.3) is 5.95 Å². The first kappa shape index (κ1) is 12.6. The SMILES string of the molecule is CCCC=C(OCC)O[Si](C)(C)C. The summed E-state index contributed by atoms with van der Waals surface area (Å²) in [5, 5.41) is 0. The van der Waals surface area contributed by atoms with Gasteiger partial charge in [-0.15, -0.1) is 0 Å². The van der Waals surface area contributed by atoms with Gasteiger partial charge in [0, 0.05) is 0 Å². The Bertz CT molecular complexity index is 159. The van der Waals surface area contributed by atoms with Crippen molar-refractivity contribution in [2.24, 2.45) is 0 Å². The summed E-state index contributed by atoms with van der Waals surface area (Å²) in [7, 11) is -1.50. The van der Waals surface area contributed by atoms with E-state index in [1.54, 1.807) is 0 Å². The van der Waals surface area contributed by atoms with Crippen molar-refractivity contribution >= 4 is 8.32 Å². The van der Waals surface area contributed by atoms with Crippen LogP contribution in [0.3, 0.4) is 0 Å². The highest BCUT2D eigenvalue weighted by Gasteiger charge is 2.17. The van der Waals surface area contributed by atoms with Gasteiger partial charge in [0.2, 0.25) is 8.32 Å². The van der Waals surface area contributed by atoms with Gasteiger partial charge in [-0.05, 0) is 39.1 Å². The molecule has 3 heteroatoms. The number of hydrogen-bond donors (Lipinski definition) is 0. The van der Waals surface area contributed by atoms with Crippen molar-refractivity contribution in [3.63, 3.8) is 0 Å². The lowest BCUT2D eigenvalue weighted by Gasteiger charge is -2.21. The average Bonchev–Trinajstić information content (AvgIpc) is 1.98. The molecule has 0 rings (SSSR count). The van der Waals surface area contributed by atoms with Crippen molar-refractivity contribution in [2.45, 2.75) is 46.3 Å². The fraction of sp³-hybridized carbons (Fsp3) is 0.800. The third-order valence-electron chi connectivity index (χ3n) is 1.29. The van der Waals surface area contributed by atoms with Crippen molar-refractivity contribution in [1.82, 2.24) is 0 Å². The fourth-order valence-electron chi connectivity index (χ4n) is 0.836. The lowest BCUT2D eigenvalue weighted by molar-refractivity contribution is 0.111. The number of ether oxygens (including phenoxy) is 1. The minimum Gasteiger partial charge on any atom is -0.520 e. The van der Waals surface area contributed by atoms with Crippen molar-refractivity contribution < 1.29 is 9.16 Å². The second-order valence-corrected chi connectivity index (χ2v) is 8.39. The third kappa shape index (κ3) is 7.90. The fourth-order valence-corrected chi connectivity index (χ4v) is 1.58. The molecule has 13 heavy (non-hydrogen) atoms. The molecule has 0 saturated carbocycles. The normalized spacial score (nSPS) is 12.8. The highest BCUT2D eigenvalue weighted by atomic mass is 28.4. The highest BCUT2D eigenvalue weighted by Crippen LogP contribution is 2.12. The van der Waals surface area contributed by atoms with Crippen LogP contribution in [0, 0.1) is 0 Å². The molecule has 0 N–H and O–H groups in total.